The summed E-state index contributed by atoms with van der Waals surface area (Å²) in [6.45, 7) is 2.31. The van der Waals surface area contributed by atoms with Crippen molar-refractivity contribution in [3.63, 3.8) is 0 Å². The first-order valence-corrected chi connectivity index (χ1v) is 6.30. The number of aryl methyl sites for hydroxylation is 1. The molecular formula is C15H16FN3O. The second-order valence-electron chi connectivity index (χ2n) is 4.54. The van der Waals surface area contributed by atoms with E-state index in [-0.39, 0.29) is 11.7 Å². The molecule has 2 rings (SSSR count). The Morgan fingerprint density at radius 1 is 1.40 bits per heavy atom. The molecule has 4 nitrogen and oxygen atoms in total. The Hall–Kier alpha value is -2.43. The number of nitrogens with one attached hydrogen (secondary N) is 1. The first-order chi connectivity index (χ1) is 9.58. The zero-order valence-electron chi connectivity index (χ0n) is 11.2. The summed E-state index contributed by atoms with van der Waals surface area (Å²) in [5.41, 5.74) is 8.33. The van der Waals surface area contributed by atoms with Crippen molar-refractivity contribution in [2.24, 2.45) is 0 Å². The van der Waals surface area contributed by atoms with Gasteiger partial charge in [0.05, 0.1) is 17.4 Å². The van der Waals surface area contributed by atoms with E-state index >= 15 is 0 Å². The number of aromatic nitrogens is 1. The fourth-order valence-corrected chi connectivity index (χ4v) is 1.96. The first kappa shape index (κ1) is 14.0. The molecule has 0 atom stereocenters. The van der Waals surface area contributed by atoms with E-state index in [1.165, 1.54) is 24.5 Å². The third-order valence-corrected chi connectivity index (χ3v) is 3.08. The number of hydrogen-bond acceptors (Lipinski definition) is 3. The van der Waals surface area contributed by atoms with Crippen LogP contribution in [0.1, 0.15) is 21.5 Å². The number of halogens is 1. The maximum atomic E-state index is 13.0. The Labute approximate surface area is 116 Å². The predicted octanol–water partition coefficient (Wildman–Crippen LogP) is 2.08. The number of nitrogens with zero attached hydrogens (tertiary/aromatic N) is 1. The maximum Gasteiger partial charge on any atom is 0.253 e. The van der Waals surface area contributed by atoms with Crippen LogP contribution in [0.15, 0.2) is 36.7 Å². The van der Waals surface area contributed by atoms with Crippen LogP contribution in [0.4, 0.5) is 10.1 Å². The first-order valence-electron chi connectivity index (χ1n) is 6.30. The zero-order chi connectivity index (χ0) is 14.5. The second-order valence-corrected chi connectivity index (χ2v) is 4.54. The fourth-order valence-electron chi connectivity index (χ4n) is 1.96. The van der Waals surface area contributed by atoms with Crippen molar-refractivity contribution < 1.29 is 9.18 Å². The minimum atomic E-state index is -0.250. The quantitative estimate of drug-likeness (QED) is 0.896. The lowest BCUT2D eigenvalue weighted by Crippen LogP contribution is -2.26. The van der Waals surface area contributed by atoms with Gasteiger partial charge in [-0.05, 0) is 42.7 Å². The van der Waals surface area contributed by atoms with E-state index in [2.05, 4.69) is 10.3 Å². The van der Waals surface area contributed by atoms with Gasteiger partial charge in [-0.3, -0.25) is 9.78 Å². The Kier molecular flexibility index (Phi) is 4.30. The predicted molar refractivity (Wildman–Crippen MR) is 75.8 cm³/mol. The summed E-state index contributed by atoms with van der Waals surface area (Å²) in [5.74, 6) is -0.482. The van der Waals surface area contributed by atoms with Crippen molar-refractivity contribution in [3.05, 3.63) is 59.2 Å². The van der Waals surface area contributed by atoms with Gasteiger partial charge in [-0.25, -0.2) is 4.39 Å². The standard InChI is InChI=1S/C15H16FN3O/c1-10-8-12(16)3-2-11(10)4-7-19-15(20)13-5-6-18-9-14(13)17/h2-3,5-6,8-9H,4,7,17H2,1H3,(H,19,20). The lowest BCUT2D eigenvalue weighted by molar-refractivity contribution is 0.0955. The van der Waals surface area contributed by atoms with Gasteiger partial charge >= 0.3 is 0 Å². The summed E-state index contributed by atoms with van der Waals surface area (Å²) in [4.78, 5) is 15.8. The van der Waals surface area contributed by atoms with Gasteiger partial charge in [-0.2, -0.15) is 0 Å². The van der Waals surface area contributed by atoms with Gasteiger partial charge in [-0.15, -0.1) is 0 Å². The van der Waals surface area contributed by atoms with Crippen LogP contribution in [0.5, 0.6) is 0 Å². The summed E-state index contributed by atoms with van der Waals surface area (Å²) < 4.78 is 13.0. The molecule has 104 valence electrons. The highest BCUT2D eigenvalue weighted by molar-refractivity contribution is 5.98. The number of anilines is 1. The molecule has 1 aromatic heterocycles. The van der Waals surface area contributed by atoms with Gasteiger partial charge in [-0.1, -0.05) is 6.07 Å². The van der Waals surface area contributed by atoms with Crippen LogP contribution in [-0.2, 0) is 6.42 Å². The number of nitrogen functional groups attached to an aromatic ring is 1. The summed E-state index contributed by atoms with van der Waals surface area (Å²) >= 11 is 0. The highest BCUT2D eigenvalue weighted by atomic mass is 19.1. The van der Waals surface area contributed by atoms with Crippen LogP contribution in [0.3, 0.4) is 0 Å². The molecule has 0 bridgehead atoms. The van der Waals surface area contributed by atoms with E-state index in [9.17, 15) is 9.18 Å². The van der Waals surface area contributed by atoms with E-state index in [1.54, 1.807) is 12.1 Å². The molecule has 0 fully saturated rings. The Morgan fingerprint density at radius 3 is 2.90 bits per heavy atom. The number of amides is 1. The highest BCUT2D eigenvalue weighted by Crippen LogP contribution is 2.11. The average molecular weight is 273 g/mol. The molecule has 5 heteroatoms. The lowest BCUT2D eigenvalue weighted by Gasteiger charge is -2.09. The minimum Gasteiger partial charge on any atom is -0.397 e. The Morgan fingerprint density at radius 2 is 2.20 bits per heavy atom. The van der Waals surface area contributed by atoms with Crippen LogP contribution in [0.25, 0.3) is 0 Å². The SMILES string of the molecule is Cc1cc(F)ccc1CCNC(=O)c1ccncc1N. The molecule has 1 amide bonds. The highest BCUT2D eigenvalue weighted by Gasteiger charge is 2.08. The van der Waals surface area contributed by atoms with Crippen LogP contribution < -0.4 is 11.1 Å². The van der Waals surface area contributed by atoms with Gasteiger partial charge in [0, 0.05) is 12.7 Å². The Balaban J connectivity index is 1.93. The topological polar surface area (TPSA) is 68.0 Å². The van der Waals surface area contributed by atoms with Gasteiger partial charge in [0.1, 0.15) is 5.82 Å². The number of hydrogen-bond donors (Lipinski definition) is 2. The summed E-state index contributed by atoms with van der Waals surface area (Å²) in [5, 5.41) is 2.79. The van der Waals surface area contributed by atoms with Crippen LogP contribution in [0, 0.1) is 12.7 Å². The monoisotopic (exact) mass is 273 g/mol. The van der Waals surface area contributed by atoms with Gasteiger partial charge in [0.2, 0.25) is 0 Å². The second kappa shape index (κ2) is 6.14. The molecule has 3 N–H and O–H groups in total. The number of carbonyl (C=O) groups is 1. The van der Waals surface area contributed by atoms with Gasteiger partial charge in [0.25, 0.3) is 5.91 Å². The van der Waals surface area contributed by atoms with Crippen molar-refractivity contribution in [2.75, 3.05) is 12.3 Å². The van der Waals surface area contributed by atoms with Crippen LogP contribution >= 0.6 is 0 Å². The fraction of sp³-hybridized carbons (Fsp3) is 0.200. The number of carbonyl (C=O) groups excluding carboxylic acids is 1. The summed E-state index contributed by atoms with van der Waals surface area (Å²) in [6, 6.07) is 6.22. The smallest absolute Gasteiger partial charge is 0.253 e. The molecule has 0 saturated heterocycles. The molecule has 2 aromatic rings. The van der Waals surface area contributed by atoms with E-state index < -0.39 is 0 Å². The third-order valence-electron chi connectivity index (χ3n) is 3.08. The van der Waals surface area contributed by atoms with E-state index in [0.717, 1.165) is 11.1 Å². The molecule has 0 aliphatic rings. The zero-order valence-corrected chi connectivity index (χ0v) is 11.2. The molecule has 0 spiro atoms. The lowest BCUT2D eigenvalue weighted by atomic mass is 10.1. The third kappa shape index (κ3) is 3.32. The van der Waals surface area contributed by atoms with E-state index in [0.29, 0.717) is 24.2 Å². The molecular weight excluding hydrogens is 257 g/mol. The van der Waals surface area contributed by atoms with Crippen molar-refractivity contribution in [2.45, 2.75) is 13.3 Å². The number of pyridine rings is 1. The number of rotatable bonds is 4. The van der Waals surface area contributed by atoms with Gasteiger partial charge < -0.3 is 11.1 Å². The molecule has 0 radical (unpaired) electrons. The van der Waals surface area contributed by atoms with E-state index in [4.69, 9.17) is 5.73 Å². The summed E-state index contributed by atoms with van der Waals surface area (Å²) in [6.07, 6.45) is 3.61. The number of nitrogens with two attached hydrogens (primary N) is 1. The van der Waals surface area contributed by atoms with Gasteiger partial charge in [0.15, 0.2) is 0 Å². The van der Waals surface area contributed by atoms with E-state index in [1.807, 2.05) is 6.92 Å². The number of benzene rings is 1. The average Bonchev–Trinajstić information content (AvgIpc) is 2.41. The van der Waals surface area contributed by atoms with Crippen molar-refractivity contribution in [1.29, 1.82) is 0 Å². The Bertz CT molecular complexity index is 628. The molecule has 20 heavy (non-hydrogen) atoms. The molecule has 0 unspecified atom stereocenters. The maximum absolute atomic E-state index is 13.0. The molecule has 0 saturated carbocycles. The molecule has 0 aliphatic heterocycles. The molecule has 1 aromatic carbocycles. The molecule has 1 heterocycles. The van der Waals surface area contributed by atoms with Crippen molar-refractivity contribution in [3.8, 4) is 0 Å². The van der Waals surface area contributed by atoms with Crippen molar-refractivity contribution in [1.82, 2.24) is 10.3 Å². The van der Waals surface area contributed by atoms with Crippen LogP contribution in [0.2, 0.25) is 0 Å². The van der Waals surface area contributed by atoms with Crippen LogP contribution in [-0.4, -0.2) is 17.4 Å². The molecule has 0 aliphatic carbocycles. The minimum absolute atomic E-state index is 0.232. The largest absolute Gasteiger partial charge is 0.397 e. The summed E-state index contributed by atoms with van der Waals surface area (Å²) in [7, 11) is 0. The van der Waals surface area contributed by atoms with Crippen molar-refractivity contribution >= 4 is 11.6 Å². The normalized spacial score (nSPS) is 10.3.